The van der Waals surface area contributed by atoms with Crippen LogP contribution in [0.3, 0.4) is 0 Å². The van der Waals surface area contributed by atoms with Gasteiger partial charge in [-0.2, -0.15) is 0 Å². The maximum absolute atomic E-state index is 5.73. The summed E-state index contributed by atoms with van der Waals surface area (Å²) in [5, 5.41) is 5.47. The predicted octanol–water partition coefficient (Wildman–Crippen LogP) is 2.32. The summed E-state index contributed by atoms with van der Waals surface area (Å²) in [7, 11) is 1.73. The summed E-state index contributed by atoms with van der Waals surface area (Å²) >= 11 is 1.79. The molecule has 0 amide bonds. The fourth-order valence-corrected chi connectivity index (χ4v) is 2.21. The summed E-state index contributed by atoms with van der Waals surface area (Å²) in [6.07, 6.45) is 2.35. The molecule has 0 bridgehead atoms. The van der Waals surface area contributed by atoms with E-state index < -0.39 is 0 Å². The minimum absolute atomic E-state index is 0.275. The second-order valence-electron chi connectivity index (χ2n) is 4.06. The number of rotatable bonds is 10. The molecule has 0 aliphatic rings. The van der Waals surface area contributed by atoms with Crippen LogP contribution in [0.5, 0.6) is 0 Å². The van der Waals surface area contributed by atoms with Gasteiger partial charge < -0.3 is 14.8 Å². The van der Waals surface area contributed by atoms with Crippen LogP contribution < -0.4 is 5.32 Å². The van der Waals surface area contributed by atoms with E-state index >= 15 is 0 Å². The second kappa shape index (κ2) is 9.59. The van der Waals surface area contributed by atoms with Crippen LogP contribution in [0.4, 0.5) is 0 Å². The second-order valence-corrected chi connectivity index (χ2v) is 5.09. The summed E-state index contributed by atoms with van der Waals surface area (Å²) in [4.78, 5) is 1.39. The van der Waals surface area contributed by atoms with Gasteiger partial charge in [-0.25, -0.2) is 0 Å². The highest BCUT2D eigenvalue weighted by atomic mass is 32.1. The lowest BCUT2D eigenvalue weighted by molar-refractivity contribution is 0.0681. The molecular weight excluding hydrogens is 234 g/mol. The Bertz CT molecular complexity index is 264. The molecule has 1 atom stereocenters. The molecule has 0 saturated heterocycles. The van der Waals surface area contributed by atoms with Crippen molar-refractivity contribution >= 4 is 11.3 Å². The number of ether oxygens (including phenoxy) is 2. The standard InChI is InChI=1S/C13H23NO2S/c1-12(11-14-7-4-8-15-2)16-9-6-13-5-3-10-17-13/h3,5,10,12,14H,4,6-9,11H2,1-2H3. The van der Waals surface area contributed by atoms with E-state index in [9.17, 15) is 0 Å². The van der Waals surface area contributed by atoms with Crippen molar-refractivity contribution in [2.24, 2.45) is 0 Å². The molecule has 4 heteroatoms. The molecule has 1 aromatic heterocycles. The molecule has 1 rings (SSSR count). The van der Waals surface area contributed by atoms with Crippen molar-refractivity contribution in [1.29, 1.82) is 0 Å². The zero-order valence-corrected chi connectivity index (χ0v) is 11.6. The average Bonchev–Trinajstić information content (AvgIpc) is 2.82. The van der Waals surface area contributed by atoms with E-state index in [1.165, 1.54) is 4.88 Å². The highest BCUT2D eigenvalue weighted by molar-refractivity contribution is 7.09. The number of nitrogens with one attached hydrogen (secondary N) is 1. The topological polar surface area (TPSA) is 30.5 Å². The molecule has 1 N–H and O–H groups in total. The maximum atomic E-state index is 5.73. The van der Waals surface area contributed by atoms with Gasteiger partial charge in [0.25, 0.3) is 0 Å². The van der Waals surface area contributed by atoms with Gasteiger partial charge in [-0.05, 0) is 31.3 Å². The fraction of sp³-hybridized carbons (Fsp3) is 0.692. The summed E-state index contributed by atoms with van der Waals surface area (Å²) < 4.78 is 10.7. The average molecular weight is 257 g/mol. The van der Waals surface area contributed by atoms with Crippen molar-refractivity contribution in [2.75, 3.05) is 33.4 Å². The molecule has 1 unspecified atom stereocenters. The van der Waals surface area contributed by atoms with Gasteiger partial charge in [-0.1, -0.05) is 6.07 Å². The lowest BCUT2D eigenvalue weighted by Gasteiger charge is -2.13. The zero-order valence-electron chi connectivity index (χ0n) is 10.8. The first-order valence-electron chi connectivity index (χ1n) is 6.16. The Kier molecular flexibility index (Phi) is 8.26. The Morgan fingerprint density at radius 3 is 3.00 bits per heavy atom. The van der Waals surface area contributed by atoms with Crippen LogP contribution in [-0.2, 0) is 15.9 Å². The van der Waals surface area contributed by atoms with E-state index in [0.717, 1.165) is 39.1 Å². The van der Waals surface area contributed by atoms with E-state index in [1.54, 1.807) is 18.4 Å². The van der Waals surface area contributed by atoms with Crippen LogP contribution in [0.15, 0.2) is 17.5 Å². The normalized spacial score (nSPS) is 12.8. The van der Waals surface area contributed by atoms with Crippen molar-refractivity contribution in [3.8, 4) is 0 Å². The SMILES string of the molecule is COCCCNCC(C)OCCc1cccs1. The van der Waals surface area contributed by atoms with Gasteiger partial charge in [0.1, 0.15) is 0 Å². The van der Waals surface area contributed by atoms with Gasteiger partial charge in [-0.15, -0.1) is 11.3 Å². The van der Waals surface area contributed by atoms with Crippen molar-refractivity contribution in [1.82, 2.24) is 5.32 Å². The Hall–Kier alpha value is -0.420. The van der Waals surface area contributed by atoms with E-state index in [4.69, 9.17) is 9.47 Å². The lowest BCUT2D eigenvalue weighted by atomic mass is 10.3. The molecule has 17 heavy (non-hydrogen) atoms. The largest absolute Gasteiger partial charge is 0.385 e. The minimum atomic E-state index is 0.275. The van der Waals surface area contributed by atoms with Crippen LogP contribution in [0.1, 0.15) is 18.2 Å². The van der Waals surface area contributed by atoms with E-state index in [-0.39, 0.29) is 6.10 Å². The summed E-state index contributed by atoms with van der Waals surface area (Å²) in [5.41, 5.74) is 0. The molecule has 0 radical (unpaired) electrons. The number of thiophene rings is 1. The van der Waals surface area contributed by atoms with Gasteiger partial charge in [-0.3, -0.25) is 0 Å². The highest BCUT2D eigenvalue weighted by Gasteiger charge is 2.01. The maximum Gasteiger partial charge on any atom is 0.0671 e. The molecule has 0 aromatic carbocycles. The molecule has 98 valence electrons. The Labute approximate surface area is 108 Å². The Balaban J connectivity index is 1.92. The van der Waals surface area contributed by atoms with Gasteiger partial charge in [0.05, 0.1) is 12.7 Å². The summed E-state index contributed by atoms with van der Waals surface area (Å²) in [5.74, 6) is 0. The van der Waals surface area contributed by atoms with Crippen molar-refractivity contribution in [2.45, 2.75) is 25.9 Å². The monoisotopic (exact) mass is 257 g/mol. The number of hydrogen-bond donors (Lipinski definition) is 1. The quantitative estimate of drug-likeness (QED) is 0.653. The fourth-order valence-electron chi connectivity index (χ4n) is 1.52. The van der Waals surface area contributed by atoms with Crippen LogP contribution >= 0.6 is 11.3 Å². The minimum Gasteiger partial charge on any atom is -0.385 e. The molecule has 0 aliphatic heterocycles. The molecule has 0 aliphatic carbocycles. The van der Waals surface area contributed by atoms with Crippen LogP contribution in [-0.4, -0.2) is 39.5 Å². The van der Waals surface area contributed by atoms with Crippen molar-refractivity contribution in [3.05, 3.63) is 22.4 Å². The first kappa shape index (κ1) is 14.6. The Morgan fingerprint density at radius 1 is 1.41 bits per heavy atom. The summed E-state index contributed by atoms with van der Waals surface area (Å²) in [6, 6.07) is 4.24. The molecule has 3 nitrogen and oxygen atoms in total. The van der Waals surface area contributed by atoms with Crippen LogP contribution in [0.2, 0.25) is 0 Å². The molecule has 1 heterocycles. The van der Waals surface area contributed by atoms with Gasteiger partial charge >= 0.3 is 0 Å². The van der Waals surface area contributed by atoms with Crippen LogP contribution in [0, 0.1) is 0 Å². The zero-order chi connectivity index (χ0) is 12.3. The van der Waals surface area contributed by atoms with E-state index in [0.29, 0.717) is 0 Å². The molecule has 0 saturated carbocycles. The third-order valence-electron chi connectivity index (χ3n) is 2.46. The first-order valence-corrected chi connectivity index (χ1v) is 7.04. The van der Waals surface area contributed by atoms with Crippen molar-refractivity contribution in [3.63, 3.8) is 0 Å². The molecule has 0 fully saturated rings. The summed E-state index contributed by atoms with van der Waals surface area (Å²) in [6.45, 7) is 5.64. The van der Waals surface area contributed by atoms with Crippen molar-refractivity contribution < 1.29 is 9.47 Å². The smallest absolute Gasteiger partial charge is 0.0671 e. The third kappa shape index (κ3) is 7.49. The molecule has 1 aromatic rings. The first-order chi connectivity index (χ1) is 8.33. The lowest BCUT2D eigenvalue weighted by Crippen LogP contribution is -2.28. The highest BCUT2D eigenvalue weighted by Crippen LogP contribution is 2.09. The Morgan fingerprint density at radius 2 is 2.29 bits per heavy atom. The van der Waals surface area contributed by atoms with Crippen LogP contribution in [0.25, 0.3) is 0 Å². The molecular formula is C13H23NO2S. The van der Waals surface area contributed by atoms with E-state index in [1.807, 2.05) is 0 Å². The third-order valence-corrected chi connectivity index (χ3v) is 3.40. The van der Waals surface area contributed by atoms with Gasteiger partial charge in [0.15, 0.2) is 0 Å². The van der Waals surface area contributed by atoms with Gasteiger partial charge in [0.2, 0.25) is 0 Å². The predicted molar refractivity (Wildman–Crippen MR) is 72.8 cm³/mol. The van der Waals surface area contributed by atoms with E-state index in [2.05, 4.69) is 29.8 Å². The number of methoxy groups -OCH3 is 1. The van der Waals surface area contributed by atoms with Gasteiger partial charge in [0, 0.05) is 31.6 Å². The number of hydrogen-bond acceptors (Lipinski definition) is 4. The molecule has 0 spiro atoms.